The number of aromatic hydroxyl groups is 4. The van der Waals surface area contributed by atoms with Crippen molar-refractivity contribution in [1.29, 1.82) is 0 Å². The van der Waals surface area contributed by atoms with Crippen molar-refractivity contribution in [3.63, 3.8) is 0 Å². The van der Waals surface area contributed by atoms with Crippen LogP contribution in [-0.2, 0) is 28.5 Å². The van der Waals surface area contributed by atoms with E-state index in [1.54, 1.807) is 0 Å². The number of esters is 2. The number of rotatable bonds is 12. The minimum atomic E-state index is -1.72. The van der Waals surface area contributed by atoms with E-state index in [9.17, 15) is 50.4 Å². The third-order valence-corrected chi connectivity index (χ3v) is 6.11. The fourth-order valence-corrected chi connectivity index (χ4v) is 3.67. The van der Waals surface area contributed by atoms with Crippen LogP contribution in [0.2, 0.25) is 0 Å². The second-order valence-corrected chi connectivity index (χ2v) is 9.27. The van der Waals surface area contributed by atoms with Crippen LogP contribution in [0.15, 0.2) is 60.2 Å². The fourth-order valence-electron chi connectivity index (χ4n) is 3.67. The molecule has 0 radical (unpaired) electrons. The van der Waals surface area contributed by atoms with E-state index in [2.05, 4.69) is 0 Å². The van der Waals surface area contributed by atoms with Gasteiger partial charge in [0.1, 0.15) is 37.6 Å². The number of ether oxygens (including phenoxy) is 4. The van der Waals surface area contributed by atoms with E-state index in [0.717, 1.165) is 12.2 Å². The average molecular weight is 605 g/mol. The van der Waals surface area contributed by atoms with Gasteiger partial charge >= 0.3 is 11.9 Å². The summed E-state index contributed by atoms with van der Waals surface area (Å²) in [7, 11) is 0. The quantitative estimate of drug-likeness (QED) is 0.0693. The standard InChI is InChI=1S/C29H32O14/c30-13-18(9-10-40-24(35)7-3-16-1-5-19(31)21(33)11-16)14-42-29-28(39)27(38)26(37)23(43-29)15-41-25(36)8-4-17-2-6-20(32)22(34)12-17/h1-9,11-12,23,26-34,37-39H,10,13-15H2/b7-3+,8-4+,18-9+/t23-,26-,27+,28-,29-/m1/s1. The zero-order chi connectivity index (χ0) is 31.5. The maximum atomic E-state index is 12.1. The number of aliphatic hydroxyl groups is 4. The van der Waals surface area contributed by atoms with Crippen LogP contribution in [0.3, 0.4) is 0 Å². The molecule has 8 N–H and O–H groups in total. The van der Waals surface area contributed by atoms with Crippen LogP contribution in [-0.4, -0.2) is 110 Å². The molecule has 1 aliphatic heterocycles. The van der Waals surface area contributed by atoms with Gasteiger partial charge in [-0.1, -0.05) is 12.1 Å². The summed E-state index contributed by atoms with van der Waals surface area (Å²) in [5.41, 5.74) is 1.05. The molecule has 0 aliphatic carbocycles. The molecule has 43 heavy (non-hydrogen) atoms. The van der Waals surface area contributed by atoms with Gasteiger partial charge in [-0.15, -0.1) is 0 Å². The Kier molecular flexibility index (Phi) is 12.1. The van der Waals surface area contributed by atoms with Crippen molar-refractivity contribution in [1.82, 2.24) is 0 Å². The summed E-state index contributed by atoms with van der Waals surface area (Å²) in [4.78, 5) is 24.0. The molecule has 14 nitrogen and oxygen atoms in total. The molecule has 1 saturated heterocycles. The zero-order valence-electron chi connectivity index (χ0n) is 22.6. The Morgan fingerprint density at radius 2 is 1.33 bits per heavy atom. The molecule has 0 bridgehead atoms. The number of hydrogen-bond donors (Lipinski definition) is 8. The Morgan fingerprint density at radius 3 is 1.86 bits per heavy atom. The summed E-state index contributed by atoms with van der Waals surface area (Å²) in [6, 6.07) is 7.86. The van der Waals surface area contributed by atoms with Gasteiger partial charge in [-0.05, 0) is 59.2 Å². The second kappa shape index (κ2) is 15.7. The first kappa shape index (κ1) is 33.1. The van der Waals surface area contributed by atoms with Crippen molar-refractivity contribution in [2.75, 3.05) is 26.4 Å². The van der Waals surface area contributed by atoms with Gasteiger partial charge in [0.15, 0.2) is 29.3 Å². The molecular weight excluding hydrogens is 572 g/mol. The van der Waals surface area contributed by atoms with Gasteiger partial charge < -0.3 is 59.8 Å². The molecule has 5 atom stereocenters. The number of aliphatic hydroxyl groups excluding tert-OH is 4. The molecule has 0 saturated carbocycles. The number of carbonyl (C=O) groups is 2. The highest BCUT2D eigenvalue weighted by Crippen LogP contribution is 2.27. The lowest BCUT2D eigenvalue weighted by Crippen LogP contribution is -2.59. The number of benzene rings is 2. The van der Waals surface area contributed by atoms with Crippen molar-refractivity contribution in [2.24, 2.45) is 0 Å². The summed E-state index contributed by atoms with van der Waals surface area (Å²) in [6.07, 6.45) is -1.69. The van der Waals surface area contributed by atoms with Gasteiger partial charge in [0.2, 0.25) is 0 Å². The number of carbonyl (C=O) groups excluding carboxylic acids is 2. The molecule has 0 amide bonds. The van der Waals surface area contributed by atoms with Crippen molar-refractivity contribution >= 4 is 24.1 Å². The van der Waals surface area contributed by atoms with E-state index >= 15 is 0 Å². The first-order chi connectivity index (χ1) is 20.5. The van der Waals surface area contributed by atoms with E-state index in [-0.39, 0.29) is 41.8 Å². The lowest BCUT2D eigenvalue weighted by atomic mass is 9.99. The predicted octanol–water partition coefficient (Wildman–Crippen LogP) is 0.0649. The average Bonchev–Trinajstić information content (AvgIpc) is 2.99. The summed E-state index contributed by atoms with van der Waals surface area (Å²) >= 11 is 0. The lowest BCUT2D eigenvalue weighted by molar-refractivity contribution is -0.299. The minimum Gasteiger partial charge on any atom is -0.504 e. The SMILES string of the molecule is O=C(/C=C/c1ccc(O)c(O)c1)OC/C=C(\CO)CO[C@@H]1O[C@H](COC(=O)/C=C/c2ccc(O)c(O)c2)[C@@H](O)[C@H](O)[C@H]1O. The molecule has 14 heteroatoms. The first-order valence-corrected chi connectivity index (χ1v) is 12.8. The highest BCUT2D eigenvalue weighted by molar-refractivity contribution is 5.87. The molecule has 1 heterocycles. The molecule has 2 aromatic carbocycles. The molecule has 0 aromatic heterocycles. The molecule has 3 rings (SSSR count). The lowest BCUT2D eigenvalue weighted by Gasteiger charge is -2.40. The summed E-state index contributed by atoms with van der Waals surface area (Å²) in [5.74, 6) is -2.96. The van der Waals surface area contributed by atoms with E-state index in [4.69, 9.17) is 18.9 Å². The largest absolute Gasteiger partial charge is 0.504 e. The van der Waals surface area contributed by atoms with Gasteiger partial charge in [-0.2, -0.15) is 0 Å². The van der Waals surface area contributed by atoms with E-state index in [1.165, 1.54) is 54.6 Å². The molecule has 1 fully saturated rings. The number of hydrogen-bond acceptors (Lipinski definition) is 14. The van der Waals surface area contributed by atoms with E-state index < -0.39 is 55.9 Å². The highest BCUT2D eigenvalue weighted by atomic mass is 16.7. The first-order valence-electron chi connectivity index (χ1n) is 12.8. The van der Waals surface area contributed by atoms with Gasteiger partial charge in [-0.25, -0.2) is 9.59 Å². The number of phenols is 4. The maximum absolute atomic E-state index is 12.1. The van der Waals surface area contributed by atoms with Crippen LogP contribution < -0.4 is 0 Å². The van der Waals surface area contributed by atoms with Crippen molar-refractivity contribution in [3.05, 3.63) is 71.3 Å². The Bertz CT molecular complexity index is 1350. The Balaban J connectivity index is 1.48. The van der Waals surface area contributed by atoms with E-state index in [0.29, 0.717) is 11.1 Å². The predicted molar refractivity (Wildman–Crippen MR) is 147 cm³/mol. The molecular formula is C29H32O14. The maximum Gasteiger partial charge on any atom is 0.331 e. The Labute approximate surface area is 245 Å². The number of phenolic OH excluding ortho intramolecular Hbond substituents is 4. The van der Waals surface area contributed by atoms with Crippen LogP contribution in [0.5, 0.6) is 23.0 Å². The molecule has 1 aliphatic rings. The van der Waals surface area contributed by atoms with E-state index in [1.807, 2.05) is 0 Å². The van der Waals surface area contributed by atoms with Crippen LogP contribution >= 0.6 is 0 Å². The van der Waals surface area contributed by atoms with Gasteiger partial charge in [0, 0.05) is 12.2 Å². The van der Waals surface area contributed by atoms with Crippen LogP contribution in [0, 0.1) is 0 Å². The molecule has 232 valence electrons. The van der Waals surface area contributed by atoms with Crippen molar-refractivity contribution in [2.45, 2.75) is 30.7 Å². The summed E-state index contributed by atoms with van der Waals surface area (Å²) in [5, 5.41) is 78.0. The third kappa shape index (κ3) is 9.82. The summed E-state index contributed by atoms with van der Waals surface area (Å²) < 4.78 is 21.0. The van der Waals surface area contributed by atoms with Crippen LogP contribution in [0.25, 0.3) is 12.2 Å². The monoisotopic (exact) mass is 604 g/mol. The van der Waals surface area contributed by atoms with Crippen molar-refractivity contribution in [3.8, 4) is 23.0 Å². The highest BCUT2D eigenvalue weighted by Gasteiger charge is 2.44. The molecule has 0 unspecified atom stereocenters. The fraction of sp³-hybridized carbons (Fsp3) is 0.310. The Hall–Kier alpha value is -4.44. The second-order valence-electron chi connectivity index (χ2n) is 9.27. The van der Waals surface area contributed by atoms with Gasteiger partial charge in [0.05, 0.1) is 13.2 Å². The normalized spacial score (nSPS) is 22.6. The Morgan fingerprint density at radius 1 is 0.767 bits per heavy atom. The minimum absolute atomic E-state index is 0.227. The molecule has 2 aromatic rings. The van der Waals surface area contributed by atoms with Crippen LogP contribution in [0.1, 0.15) is 11.1 Å². The van der Waals surface area contributed by atoms with Crippen LogP contribution in [0.4, 0.5) is 0 Å². The molecule has 0 spiro atoms. The third-order valence-electron chi connectivity index (χ3n) is 6.11. The van der Waals surface area contributed by atoms with Gasteiger partial charge in [0.25, 0.3) is 0 Å². The van der Waals surface area contributed by atoms with Crippen molar-refractivity contribution < 1.29 is 69.4 Å². The smallest absolute Gasteiger partial charge is 0.331 e. The topological polar surface area (TPSA) is 233 Å². The summed E-state index contributed by atoms with van der Waals surface area (Å²) in [6.45, 7) is -1.62. The van der Waals surface area contributed by atoms with Gasteiger partial charge in [-0.3, -0.25) is 0 Å². The zero-order valence-corrected chi connectivity index (χ0v) is 22.6.